The Morgan fingerprint density at radius 2 is 1.66 bits per heavy atom. The van der Waals surface area contributed by atoms with E-state index in [1.807, 2.05) is 44.2 Å². The minimum Gasteiger partial charge on any atom is -0.495 e. The lowest BCUT2D eigenvalue weighted by atomic mass is 10.2. The topological polar surface area (TPSA) is 75.7 Å². The molecule has 186 valence electrons. The summed E-state index contributed by atoms with van der Waals surface area (Å²) >= 11 is 7.58. The molecule has 1 amide bonds. The fraction of sp³-hybridized carbons (Fsp3) is 0.269. The maximum Gasteiger partial charge on any atom is 0.264 e. The second kappa shape index (κ2) is 12.3. The number of halogens is 1. The van der Waals surface area contributed by atoms with Gasteiger partial charge in [0.15, 0.2) is 0 Å². The molecule has 35 heavy (non-hydrogen) atoms. The first-order valence-corrected chi connectivity index (χ1v) is 13.9. The van der Waals surface area contributed by atoms with Crippen LogP contribution in [0.15, 0.2) is 76.5 Å². The standard InChI is InChI=1S/C26H29ClN2O4S2/c1-19-5-12-23(13-6-19)35(31,32)29(24-17-20(2)7-14-25(24)33-3)18-26(30)28-15-4-16-34-22-10-8-21(27)9-11-22/h5-14,17H,4,15-16,18H2,1-3H3,(H,28,30). The molecule has 3 aromatic rings. The molecular weight excluding hydrogens is 504 g/mol. The molecule has 0 atom stereocenters. The van der Waals surface area contributed by atoms with E-state index in [4.69, 9.17) is 16.3 Å². The number of methoxy groups -OCH3 is 1. The number of ether oxygens (including phenoxy) is 1. The highest BCUT2D eigenvalue weighted by Gasteiger charge is 2.29. The van der Waals surface area contributed by atoms with E-state index in [0.717, 1.165) is 32.5 Å². The van der Waals surface area contributed by atoms with Crippen molar-refractivity contribution in [2.24, 2.45) is 0 Å². The van der Waals surface area contributed by atoms with Crippen LogP contribution < -0.4 is 14.4 Å². The molecule has 0 unspecified atom stereocenters. The zero-order valence-corrected chi connectivity index (χ0v) is 22.3. The predicted molar refractivity (Wildman–Crippen MR) is 143 cm³/mol. The number of nitrogens with zero attached hydrogens (tertiary/aromatic N) is 1. The minimum atomic E-state index is -4.01. The highest BCUT2D eigenvalue weighted by atomic mass is 35.5. The minimum absolute atomic E-state index is 0.110. The summed E-state index contributed by atoms with van der Waals surface area (Å²) < 4.78 is 33.7. The summed E-state index contributed by atoms with van der Waals surface area (Å²) in [4.78, 5) is 14.0. The van der Waals surface area contributed by atoms with Crippen LogP contribution in [0.1, 0.15) is 17.5 Å². The first-order valence-electron chi connectivity index (χ1n) is 11.1. The number of hydrogen-bond acceptors (Lipinski definition) is 5. The monoisotopic (exact) mass is 532 g/mol. The van der Waals surface area contributed by atoms with Crippen LogP contribution in [-0.4, -0.2) is 40.3 Å². The van der Waals surface area contributed by atoms with Gasteiger partial charge >= 0.3 is 0 Å². The highest BCUT2D eigenvalue weighted by molar-refractivity contribution is 7.99. The van der Waals surface area contributed by atoms with Crippen molar-refractivity contribution in [3.8, 4) is 5.75 Å². The van der Waals surface area contributed by atoms with Crippen molar-refractivity contribution < 1.29 is 17.9 Å². The summed E-state index contributed by atoms with van der Waals surface area (Å²) in [5.41, 5.74) is 2.11. The molecule has 0 heterocycles. The third-order valence-electron chi connectivity index (χ3n) is 5.22. The number of benzene rings is 3. The van der Waals surface area contributed by atoms with Gasteiger partial charge in [-0.15, -0.1) is 11.8 Å². The molecule has 3 aromatic carbocycles. The average molecular weight is 533 g/mol. The number of hydrogen-bond donors (Lipinski definition) is 1. The average Bonchev–Trinajstić information content (AvgIpc) is 2.83. The number of carbonyl (C=O) groups excluding carboxylic acids is 1. The molecule has 0 aliphatic rings. The molecule has 0 saturated carbocycles. The molecule has 0 fully saturated rings. The van der Waals surface area contributed by atoms with Crippen LogP contribution in [-0.2, 0) is 14.8 Å². The third kappa shape index (κ3) is 7.40. The zero-order valence-electron chi connectivity index (χ0n) is 20.0. The van der Waals surface area contributed by atoms with Gasteiger partial charge in [0.25, 0.3) is 10.0 Å². The maximum atomic E-state index is 13.6. The van der Waals surface area contributed by atoms with Gasteiger partial charge in [0.2, 0.25) is 5.91 Å². The summed E-state index contributed by atoms with van der Waals surface area (Å²) in [5, 5.41) is 3.53. The first kappa shape index (κ1) is 26.9. The van der Waals surface area contributed by atoms with Crippen molar-refractivity contribution in [1.29, 1.82) is 0 Å². The number of nitrogens with one attached hydrogen (secondary N) is 1. The van der Waals surface area contributed by atoms with Crippen LogP contribution in [0.3, 0.4) is 0 Å². The van der Waals surface area contributed by atoms with Crippen molar-refractivity contribution in [3.05, 3.63) is 82.9 Å². The number of anilines is 1. The normalized spacial score (nSPS) is 11.2. The van der Waals surface area contributed by atoms with Gasteiger partial charge in [-0.1, -0.05) is 35.4 Å². The molecule has 0 saturated heterocycles. The number of carbonyl (C=O) groups is 1. The van der Waals surface area contributed by atoms with Crippen LogP contribution >= 0.6 is 23.4 Å². The molecule has 0 radical (unpaired) electrons. The Kier molecular flexibility index (Phi) is 9.48. The first-order chi connectivity index (χ1) is 16.7. The summed E-state index contributed by atoms with van der Waals surface area (Å²) in [7, 11) is -2.54. The van der Waals surface area contributed by atoms with Crippen LogP contribution in [0.4, 0.5) is 5.69 Å². The van der Waals surface area contributed by atoms with E-state index in [-0.39, 0.29) is 17.3 Å². The van der Waals surface area contributed by atoms with Crippen molar-refractivity contribution in [2.45, 2.75) is 30.1 Å². The zero-order chi connectivity index (χ0) is 25.4. The SMILES string of the molecule is COc1ccc(C)cc1N(CC(=O)NCCCSc1ccc(Cl)cc1)S(=O)(=O)c1ccc(C)cc1. The Labute approximate surface area is 216 Å². The molecule has 0 bridgehead atoms. The maximum absolute atomic E-state index is 13.6. The van der Waals surface area contributed by atoms with E-state index in [1.165, 1.54) is 7.11 Å². The fourth-order valence-corrected chi connectivity index (χ4v) is 5.74. The van der Waals surface area contributed by atoms with E-state index in [0.29, 0.717) is 23.0 Å². The summed E-state index contributed by atoms with van der Waals surface area (Å²) in [6.07, 6.45) is 0.734. The van der Waals surface area contributed by atoms with Crippen LogP contribution in [0.2, 0.25) is 5.02 Å². The summed E-state index contributed by atoms with van der Waals surface area (Å²) in [6.45, 7) is 3.82. The number of aryl methyl sites for hydroxylation is 2. The van der Waals surface area contributed by atoms with Crippen molar-refractivity contribution in [1.82, 2.24) is 5.32 Å². The van der Waals surface area contributed by atoms with Crippen molar-refractivity contribution >= 4 is 45.0 Å². The Bertz CT molecular complexity index is 1250. The van der Waals surface area contributed by atoms with Gasteiger partial charge in [-0.25, -0.2) is 8.42 Å². The quantitative estimate of drug-likeness (QED) is 0.262. The van der Waals surface area contributed by atoms with Crippen LogP contribution in [0, 0.1) is 13.8 Å². The van der Waals surface area contributed by atoms with Gasteiger partial charge in [0.1, 0.15) is 12.3 Å². The second-order valence-corrected chi connectivity index (χ2v) is 11.5. The van der Waals surface area contributed by atoms with E-state index >= 15 is 0 Å². The Morgan fingerprint density at radius 3 is 2.31 bits per heavy atom. The summed E-state index contributed by atoms with van der Waals surface area (Å²) in [5.74, 6) is 0.790. The lowest BCUT2D eigenvalue weighted by molar-refractivity contribution is -0.119. The molecule has 6 nitrogen and oxygen atoms in total. The van der Waals surface area contributed by atoms with Gasteiger partial charge in [0.05, 0.1) is 17.7 Å². The van der Waals surface area contributed by atoms with Crippen LogP contribution in [0.5, 0.6) is 5.75 Å². The number of rotatable bonds is 11. The largest absolute Gasteiger partial charge is 0.495 e. The van der Waals surface area contributed by atoms with Crippen molar-refractivity contribution in [3.63, 3.8) is 0 Å². The number of sulfonamides is 1. The summed E-state index contributed by atoms with van der Waals surface area (Å²) in [6, 6.07) is 19.4. The van der Waals surface area contributed by atoms with E-state index in [2.05, 4.69) is 5.32 Å². The van der Waals surface area contributed by atoms with Gasteiger partial charge in [-0.2, -0.15) is 0 Å². The molecule has 0 aliphatic heterocycles. The van der Waals surface area contributed by atoms with E-state index in [1.54, 1.807) is 48.2 Å². The Morgan fingerprint density at radius 1 is 1.00 bits per heavy atom. The fourth-order valence-electron chi connectivity index (χ4n) is 3.34. The van der Waals surface area contributed by atoms with E-state index < -0.39 is 10.0 Å². The highest BCUT2D eigenvalue weighted by Crippen LogP contribution is 2.33. The second-order valence-electron chi connectivity index (χ2n) is 8.01. The lowest BCUT2D eigenvalue weighted by Crippen LogP contribution is -2.41. The Balaban J connectivity index is 1.72. The molecule has 1 N–H and O–H groups in total. The number of amides is 1. The molecule has 3 rings (SSSR count). The van der Waals surface area contributed by atoms with Gasteiger partial charge in [-0.05, 0) is 80.1 Å². The Hall–Kier alpha value is -2.68. The van der Waals surface area contributed by atoms with Gasteiger partial charge in [-0.3, -0.25) is 9.10 Å². The molecular formula is C26H29ClN2O4S2. The van der Waals surface area contributed by atoms with Crippen LogP contribution in [0.25, 0.3) is 0 Å². The third-order valence-corrected chi connectivity index (χ3v) is 8.35. The van der Waals surface area contributed by atoms with Gasteiger partial charge < -0.3 is 10.1 Å². The molecule has 0 aromatic heterocycles. The van der Waals surface area contributed by atoms with E-state index in [9.17, 15) is 13.2 Å². The molecule has 0 aliphatic carbocycles. The molecule has 0 spiro atoms. The lowest BCUT2D eigenvalue weighted by Gasteiger charge is -2.26. The predicted octanol–water partition coefficient (Wildman–Crippen LogP) is 5.46. The van der Waals surface area contributed by atoms with Crippen molar-refractivity contribution in [2.75, 3.05) is 30.3 Å². The molecule has 9 heteroatoms. The number of thioether (sulfide) groups is 1. The van der Waals surface area contributed by atoms with Gasteiger partial charge in [0, 0.05) is 16.5 Å². The smallest absolute Gasteiger partial charge is 0.264 e.